The van der Waals surface area contributed by atoms with Gasteiger partial charge in [-0.1, -0.05) is 19.9 Å². The van der Waals surface area contributed by atoms with E-state index in [1.807, 2.05) is 18.2 Å². The first-order valence-corrected chi connectivity index (χ1v) is 4.66. The second-order valence-electron chi connectivity index (χ2n) is 3.52. The van der Waals surface area contributed by atoms with E-state index in [1.54, 1.807) is 7.11 Å². The number of ether oxygens (including phenoxy) is 1. The zero-order valence-electron chi connectivity index (χ0n) is 8.57. The van der Waals surface area contributed by atoms with Crippen LogP contribution in [0.3, 0.4) is 0 Å². The smallest absolute Gasteiger partial charge is 0.198 e. The Morgan fingerprint density at radius 3 is 2.79 bits per heavy atom. The molecule has 2 aromatic rings. The summed E-state index contributed by atoms with van der Waals surface area (Å²) in [5.41, 5.74) is 1.59. The summed E-state index contributed by atoms with van der Waals surface area (Å²) in [5.74, 6) is 1.79. The molecule has 0 atom stereocenters. The minimum atomic E-state index is 0.298. The molecule has 0 unspecified atom stereocenters. The molecule has 1 heterocycles. The van der Waals surface area contributed by atoms with Crippen molar-refractivity contribution < 1.29 is 9.15 Å². The Kier molecular flexibility index (Phi) is 2.15. The number of rotatable bonds is 2. The molecule has 0 aliphatic carbocycles. The van der Waals surface area contributed by atoms with Gasteiger partial charge in [0, 0.05) is 5.92 Å². The third kappa shape index (κ3) is 1.35. The predicted octanol–water partition coefficient (Wildman–Crippen LogP) is 2.96. The van der Waals surface area contributed by atoms with E-state index in [2.05, 4.69) is 18.8 Å². The van der Waals surface area contributed by atoms with Gasteiger partial charge in [0.25, 0.3) is 0 Å². The SMILES string of the molecule is COc1cccc2nc(C(C)C)oc12. The molecule has 74 valence electrons. The van der Waals surface area contributed by atoms with Crippen LogP contribution in [-0.4, -0.2) is 12.1 Å². The lowest BCUT2D eigenvalue weighted by Crippen LogP contribution is -1.84. The summed E-state index contributed by atoms with van der Waals surface area (Å²) in [7, 11) is 1.63. The average molecular weight is 191 g/mol. The van der Waals surface area contributed by atoms with Gasteiger partial charge < -0.3 is 9.15 Å². The maximum Gasteiger partial charge on any atom is 0.198 e. The molecule has 0 N–H and O–H groups in total. The summed E-state index contributed by atoms with van der Waals surface area (Å²) in [5, 5.41) is 0. The summed E-state index contributed by atoms with van der Waals surface area (Å²) in [6.45, 7) is 4.11. The van der Waals surface area contributed by atoms with Crippen molar-refractivity contribution in [2.75, 3.05) is 7.11 Å². The summed E-state index contributed by atoms with van der Waals surface area (Å²) in [6, 6.07) is 5.71. The molecular weight excluding hydrogens is 178 g/mol. The number of hydrogen-bond acceptors (Lipinski definition) is 3. The molecule has 0 spiro atoms. The number of oxazole rings is 1. The fraction of sp³-hybridized carbons (Fsp3) is 0.364. The van der Waals surface area contributed by atoms with Crippen molar-refractivity contribution in [3.05, 3.63) is 24.1 Å². The maximum absolute atomic E-state index is 5.62. The van der Waals surface area contributed by atoms with Crippen molar-refractivity contribution in [3.63, 3.8) is 0 Å². The molecule has 14 heavy (non-hydrogen) atoms. The van der Waals surface area contributed by atoms with Crippen molar-refractivity contribution in [3.8, 4) is 5.75 Å². The molecule has 0 aliphatic heterocycles. The van der Waals surface area contributed by atoms with Gasteiger partial charge in [-0.15, -0.1) is 0 Å². The number of para-hydroxylation sites is 1. The van der Waals surface area contributed by atoms with E-state index in [-0.39, 0.29) is 0 Å². The Bertz CT molecular complexity index is 445. The van der Waals surface area contributed by atoms with Crippen molar-refractivity contribution >= 4 is 11.1 Å². The second-order valence-corrected chi connectivity index (χ2v) is 3.52. The first kappa shape index (κ1) is 9.06. The Hall–Kier alpha value is -1.51. The van der Waals surface area contributed by atoms with Crippen LogP contribution in [0.4, 0.5) is 0 Å². The van der Waals surface area contributed by atoms with Gasteiger partial charge in [0.05, 0.1) is 7.11 Å². The quantitative estimate of drug-likeness (QED) is 0.732. The molecule has 3 heteroatoms. The number of aromatic nitrogens is 1. The number of benzene rings is 1. The molecule has 0 fully saturated rings. The first-order valence-electron chi connectivity index (χ1n) is 4.66. The molecule has 3 nitrogen and oxygen atoms in total. The van der Waals surface area contributed by atoms with E-state index >= 15 is 0 Å². The minimum Gasteiger partial charge on any atom is -0.493 e. The fourth-order valence-corrected chi connectivity index (χ4v) is 1.35. The number of methoxy groups -OCH3 is 1. The predicted molar refractivity (Wildman–Crippen MR) is 54.7 cm³/mol. The Labute approximate surface area is 82.7 Å². The highest BCUT2D eigenvalue weighted by Crippen LogP contribution is 2.28. The number of fused-ring (bicyclic) bond motifs is 1. The lowest BCUT2D eigenvalue weighted by Gasteiger charge is -1.98. The number of hydrogen-bond donors (Lipinski definition) is 0. The van der Waals surface area contributed by atoms with Crippen LogP contribution in [-0.2, 0) is 0 Å². The van der Waals surface area contributed by atoms with E-state index in [4.69, 9.17) is 9.15 Å². The van der Waals surface area contributed by atoms with Gasteiger partial charge in [-0.2, -0.15) is 0 Å². The molecular formula is C11H13NO2. The molecule has 1 aromatic carbocycles. The fourth-order valence-electron chi connectivity index (χ4n) is 1.35. The van der Waals surface area contributed by atoms with Crippen molar-refractivity contribution in [1.82, 2.24) is 4.98 Å². The molecule has 0 radical (unpaired) electrons. The minimum absolute atomic E-state index is 0.298. The zero-order chi connectivity index (χ0) is 10.1. The third-order valence-electron chi connectivity index (χ3n) is 2.11. The highest BCUT2D eigenvalue weighted by Gasteiger charge is 2.11. The maximum atomic E-state index is 5.62. The molecule has 2 rings (SSSR count). The molecule has 0 bridgehead atoms. The number of nitrogens with zero attached hydrogens (tertiary/aromatic N) is 1. The van der Waals surface area contributed by atoms with Crippen LogP contribution in [0.15, 0.2) is 22.6 Å². The van der Waals surface area contributed by atoms with Gasteiger partial charge in [-0.25, -0.2) is 4.98 Å². The summed E-state index contributed by atoms with van der Waals surface area (Å²) in [6.07, 6.45) is 0. The monoisotopic (exact) mass is 191 g/mol. The Morgan fingerprint density at radius 2 is 2.14 bits per heavy atom. The Morgan fingerprint density at radius 1 is 1.36 bits per heavy atom. The molecule has 1 aromatic heterocycles. The van der Waals surface area contributed by atoms with Crippen LogP contribution in [0.5, 0.6) is 5.75 Å². The summed E-state index contributed by atoms with van der Waals surface area (Å²) in [4.78, 5) is 4.37. The van der Waals surface area contributed by atoms with Gasteiger partial charge in [-0.3, -0.25) is 0 Å². The highest BCUT2D eigenvalue weighted by molar-refractivity contribution is 5.79. The van der Waals surface area contributed by atoms with Gasteiger partial charge in [-0.05, 0) is 12.1 Å². The van der Waals surface area contributed by atoms with Crippen LogP contribution in [0.25, 0.3) is 11.1 Å². The third-order valence-corrected chi connectivity index (χ3v) is 2.11. The lowest BCUT2D eigenvalue weighted by molar-refractivity contribution is 0.405. The molecule has 0 saturated carbocycles. The van der Waals surface area contributed by atoms with Crippen molar-refractivity contribution in [2.24, 2.45) is 0 Å². The van der Waals surface area contributed by atoms with Crippen molar-refractivity contribution in [2.45, 2.75) is 19.8 Å². The summed E-state index contributed by atoms with van der Waals surface area (Å²) < 4.78 is 10.8. The van der Waals surface area contributed by atoms with E-state index in [0.29, 0.717) is 5.92 Å². The average Bonchev–Trinajstić information content (AvgIpc) is 2.60. The van der Waals surface area contributed by atoms with E-state index in [9.17, 15) is 0 Å². The molecule has 0 aliphatic rings. The summed E-state index contributed by atoms with van der Waals surface area (Å²) >= 11 is 0. The Balaban J connectivity index is 2.64. The second kappa shape index (κ2) is 3.33. The van der Waals surface area contributed by atoms with Crippen molar-refractivity contribution in [1.29, 1.82) is 0 Å². The standard InChI is InChI=1S/C11H13NO2/c1-7(2)11-12-8-5-4-6-9(13-3)10(8)14-11/h4-7H,1-3H3. The largest absolute Gasteiger partial charge is 0.493 e. The normalized spacial score (nSPS) is 11.1. The molecule has 0 saturated heterocycles. The van der Waals surface area contributed by atoms with E-state index < -0.39 is 0 Å². The lowest BCUT2D eigenvalue weighted by atomic mass is 10.2. The van der Waals surface area contributed by atoms with E-state index in [1.165, 1.54) is 0 Å². The first-order chi connectivity index (χ1) is 6.72. The topological polar surface area (TPSA) is 35.3 Å². The van der Waals surface area contributed by atoms with Crippen LogP contribution in [0.1, 0.15) is 25.7 Å². The van der Waals surface area contributed by atoms with Gasteiger partial charge in [0.15, 0.2) is 17.2 Å². The molecule has 0 amide bonds. The van der Waals surface area contributed by atoms with Gasteiger partial charge >= 0.3 is 0 Å². The van der Waals surface area contributed by atoms with Crippen LogP contribution >= 0.6 is 0 Å². The highest BCUT2D eigenvalue weighted by atomic mass is 16.5. The van der Waals surface area contributed by atoms with Crippen LogP contribution in [0, 0.1) is 0 Å². The van der Waals surface area contributed by atoms with Crippen LogP contribution in [0.2, 0.25) is 0 Å². The zero-order valence-corrected chi connectivity index (χ0v) is 8.57. The van der Waals surface area contributed by atoms with Crippen LogP contribution < -0.4 is 4.74 Å². The van der Waals surface area contributed by atoms with Gasteiger partial charge in [0.2, 0.25) is 0 Å². The van der Waals surface area contributed by atoms with Gasteiger partial charge in [0.1, 0.15) is 5.52 Å². The van der Waals surface area contributed by atoms with E-state index in [0.717, 1.165) is 22.7 Å².